The SMILES string of the molecule is CN(C(=O)CNc1ccc2c(c1)OC(F)(F)O2)C1CC1. The van der Waals surface area contributed by atoms with Crippen LogP contribution < -0.4 is 14.8 Å². The molecule has 0 spiro atoms. The van der Waals surface area contributed by atoms with E-state index in [-0.39, 0.29) is 24.0 Å². The first-order valence-corrected chi connectivity index (χ1v) is 6.34. The van der Waals surface area contributed by atoms with Gasteiger partial charge in [-0.2, -0.15) is 0 Å². The van der Waals surface area contributed by atoms with Gasteiger partial charge < -0.3 is 19.7 Å². The highest BCUT2D eigenvalue weighted by Crippen LogP contribution is 2.42. The molecule has 0 bridgehead atoms. The Morgan fingerprint density at radius 1 is 1.40 bits per heavy atom. The van der Waals surface area contributed by atoms with E-state index in [4.69, 9.17) is 0 Å². The number of carbonyl (C=O) groups is 1. The van der Waals surface area contributed by atoms with Gasteiger partial charge in [-0.3, -0.25) is 4.79 Å². The highest BCUT2D eigenvalue weighted by molar-refractivity contribution is 5.81. The van der Waals surface area contributed by atoms with Crippen LogP contribution in [-0.2, 0) is 4.79 Å². The number of hydrogen-bond donors (Lipinski definition) is 1. The van der Waals surface area contributed by atoms with Gasteiger partial charge in [0.2, 0.25) is 5.91 Å². The first kappa shape index (κ1) is 13.0. The molecule has 0 radical (unpaired) electrons. The predicted molar refractivity (Wildman–Crippen MR) is 66.9 cm³/mol. The van der Waals surface area contributed by atoms with Crippen molar-refractivity contribution in [2.75, 3.05) is 18.9 Å². The molecule has 2 aliphatic rings. The van der Waals surface area contributed by atoms with Crippen molar-refractivity contribution in [3.8, 4) is 11.5 Å². The van der Waals surface area contributed by atoms with Crippen LogP contribution >= 0.6 is 0 Å². The minimum atomic E-state index is -3.62. The minimum absolute atomic E-state index is 0.0121. The molecule has 1 N–H and O–H groups in total. The van der Waals surface area contributed by atoms with Crippen molar-refractivity contribution in [3.05, 3.63) is 18.2 Å². The summed E-state index contributed by atoms with van der Waals surface area (Å²) in [4.78, 5) is 13.5. The normalized spacial score (nSPS) is 18.8. The van der Waals surface area contributed by atoms with Crippen LogP contribution in [0.2, 0.25) is 0 Å². The van der Waals surface area contributed by atoms with E-state index in [1.807, 2.05) is 0 Å². The maximum absolute atomic E-state index is 12.9. The molecular weight excluding hydrogens is 270 g/mol. The number of amides is 1. The molecule has 7 heteroatoms. The second-order valence-electron chi connectivity index (χ2n) is 4.92. The Hall–Kier alpha value is -2.05. The molecule has 1 aromatic carbocycles. The number of nitrogens with one attached hydrogen (secondary N) is 1. The zero-order chi connectivity index (χ0) is 14.3. The van der Waals surface area contributed by atoms with Crippen LogP contribution in [0.25, 0.3) is 0 Å². The van der Waals surface area contributed by atoms with Gasteiger partial charge in [0.25, 0.3) is 0 Å². The molecule has 1 heterocycles. The van der Waals surface area contributed by atoms with E-state index in [9.17, 15) is 13.6 Å². The van der Waals surface area contributed by atoms with Gasteiger partial charge in [-0.25, -0.2) is 0 Å². The third-order valence-electron chi connectivity index (χ3n) is 3.33. The molecule has 1 saturated carbocycles. The van der Waals surface area contributed by atoms with Gasteiger partial charge in [-0.15, -0.1) is 8.78 Å². The number of benzene rings is 1. The molecule has 1 aliphatic heterocycles. The number of nitrogens with zero attached hydrogens (tertiary/aromatic N) is 1. The van der Waals surface area contributed by atoms with E-state index in [1.54, 1.807) is 18.0 Å². The molecule has 0 saturated heterocycles. The fraction of sp³-hybridized carbons (Fsp3) is 0.462. The molecule has 108 valence electrons. The second kappa shape index (κ2) is 4.50. The van der Waals surface area contributed by atoms with Crippen LogP contribution in [-0.4, -0.2) is 36.7 Å². The van der Waals surface area contributed by atoms with Crippen LogP contribution in [0, 0.1) is 0 Å². The summed E-state index contributed by atoms with van der Waals surface area (Å²) in [6, 6.07) is 4.68. The standard InChI is InChI=1S/C13H14F2N2O3/c1-17(9-3-4-9)12(18)7-16-8-2-5-10-11(6-8)20-13(14,15)19-10/h2,5-6,9,16H,3-4,7H2,1H3. The first-order chi connectivity index (χ1) is 9.44. The van der Waals surface area contributed by atoms with Crippen molar-refractivity contribution in [3.63, 3.8) is 0 Å². The third-order valence-corrected chi connectivity index (χ3v) is 3.33. The van der Waals surface area contributed by atoms with E-state index in [2.05, 4.69) is 14.8 Å². The molecule has 5 nitrogen and oxygen atoms in total. The second-order valence-corrected chi connectivity index (χ2v) is 4.92. The molecule has 1 aliphatic carbocycles. The third kappa shape index (κ3) is 2.61. The van der Waals surface area contributed by atoms with Crippen molar-refractivity contribution in [2.45, 2.75) is 25.2 Å². The van der Waals surface area contributed by atoms with E-state index in [0.29, 0.717) is 11.7 Å². The van der Waals surface area contributed by atoms with Gasteiger partial charge in [0, 0.05) is 24.8 Å². The van der Waals surface area contributed by atoms with Crippen LogP contribution in [0.15, 0.2) is 18.2 Å². The Morgan fingerprint density at radius 2 is 2.10 bits per heavy atom. The summed E-state index contributed by atoms with van der Waals surface area (Å²) >= 11 is 0. The number of hydrogen-bond acceptors (Lipinski definition) is 4. The van der Waals surface area contributed by atoms with E-state index < -0.39 is 6.29 Å². The average Bonchev–Trinajstić information content (AvgIpc) is 3.17. The Morgan fingerprint density at radius 3 is 2.80 bits per heavy atom. The maximum Gasteiger partial charge on any atom is 0.586 e. The number of rotatable bonds is 4. The summed E-state index contributed by atoms with van der Waals surface area (Å²) in [5.74, 6) is -0.0829. The fourth-order valence-corrected chi connectivity index (χ4v) is 2.03. The van der Waals surface area contributed by atoms with E-state index >= 15 is 0 Å². The maximum atomic E-state index is 12.9. The van der Waals surface area contributed by atoms with Gasteiger partial charge in [0.15, 0.2) is 11.5 Å². The highest BCUT2D eigenvalue weighted by atomic mass is 19.3. The Bertz CT molecular complexity index is 546. The number of alkyl halides is 2. The molecule has 0 atom stereocenters. The molecule has 1 amide bonds. The van der Waals surface area contributed by atoms with Crippen LogP contribution in [0.3, 0.4) is 0 Å². The lowest BCUT2D eigenvalue weighted by Gasteiger charge is -2.16. The summed E-state index contributed by atoms with van der Waals surface area (Å²) in [6.07, 6.45) is -1.54. The summed E-state index contributed by atoms with van der Waals surface area (Å²) in [5, 5.41) is 2.89. The molecule has 1 aromatic rings. The van der Waals surface area contributed by atoms with E-state index in [1.165, 1.54) is 12.1 Å². The number of halogens is 2. The Balaban J connectivity index is 1.60. The van der Waals surface area contributed by atoms with Crippen molar-refractivity contribution in [2.24, 2.45) is 0 Å². The topological polar surface area (TPSA) is 50.8 Å². The summed E-state index contributed by atoms with van der Waals surface area (Å²) < 4.78 is 34.4. The smallest absolute Gasteiger partial charge is 0.395 e. The molecule has 0 aromatic heterocycles. The zero-order valence-corrected chi connectivity index (χ0v) is 10.9. The van der Waals surface area contributed by atoms with E-state index in [0.717, 1.165) is 12.8 Å². The van der Waals surface area contributed by atoms with Gasteiger partial charge in [0.1, 0.15) is 0 Å². The van der Waals surface area contributed by atoms with Crippen molar-refractivity contribution >= 4 is 11.6 Å². The molecule has 1 fully saturated rings. The zero-order valence-electron chi connectivity index (χ0n) is 10.9. The first-order valence-electron chi connectivity index (χ1n) is 6.34. The van der Waals surface area contributed by atoms with Gasteiger partial charge in [-0.05, 0) is 25.0 Å². The van der Waals surface area contributed by atoms with Gasteiger partial charge in [-0.1, -0.05) is 0 Å². The minimum Gasteiger partial charge on any atom is -0.395 e. The fourth-order valence-electron chi connectivity index (χ4n) is 2.03. The van der Waals surface area contributed by atoms with Gasteiger partial charge in [0.05, 0.1) is 6.54 Å². The average molecular weight is 284 g/mol. The lowest BCUT2D eigenvalue weighted by molar-refractivity contribution is -0.286. The van der Waals surface area contributed by atoms with Crippen LogP contribution in [0.1, 0.15) is 12.8 Å². The predicted octanol–water partition coefficient (Wildman–Crippen LogP) is 2.04. The molecule has 0 unspecified atom stereocenters. The lowest BCUT2D eigenvalue weighted by atomic mass is 10.3. The monoisotopic (exact) mass is 284 g/mol. The molecular formula is C13H14F2N2O3. The number of anilines is 1. The Labute approximate surface area is 114 Å². The van der Waals surface area contributed by atoms with Gasteiger partial charge >= 0.3 is 6.29 Å². The van der Waals surface area contributed by atoms with Crippen molar-refractivity contribution in [1.29, 1.82) is 0 Å². The number of ether oxygens (including phenoxy) is 2. The highest BCUT2D eigenvalue weighted by Gasteiger charge is 2.43. The van der Waals surface area contributed by atoms with Crippen LogP contribution in [0.4, 0.5) is 14.5 Å². The lowest BCUT2D eigenvalue weighted by Crippen LogP contribution is -2.33. The van der Waals surface area contributed by atoms with Crippen LogP contribution in [0.5, 0.6) is 11.5 Å². The van der Waals surface area contributed by atoms with Crippen molar-refractivity contribution in [1.82, 2.24) is 4.90 Å². The number of likely N-dealkylation sites (N-methyl/N-ethyl adjacent to an activating group) is 1. The summed E-state index contributed by atoms with van der Waals surface area (Å²) in [6.45, 7) is 0.114. The quantitative estimate of drug-likeness (QED) is 0.919. The summed E-state index contributed by atoms with van der Waals surface area (Å²) in [5.41, 5.74) is 0.530. The number of carbonyl (C=O) groups excluding carboxylic acids is 1. The molecule has 20 heavy (non-hydrogen) atoms. The molecule has 3 rings (SSSR count). The number of fused-ring (bicyclic) bond motifs is 1. The Kier molecular flexibility index (Phi) is 2.92. The van der Waals surface area contributed by atoms with Crippen molar-refractivity contribution < 1.29 is 23.0 Å². The summed E-state index contributed by atoms with van der Waals surface area (Å²) in [7, 11) is 1.77. The largest absolute Gasteiger partial charge is 0.586 e.